The van der Waals surface area contributed by atoms with Crippen LogP contribution in [0.2, 0.25) is 0 Å². The van der Waals surface area contributed by atoms with Crippen LogP contribution >= 0.6 is 0 Å². The number of H-pyrrole nitrogens is 1. The lowest BCUT2D eigenvalue weighted by Gasteiger charge is -2.14. The van der Waals surface area contributed by atoms with Crippen molar-refractivity contribution >= 4 is 16.6 Å². The molecule has 0 saturated heterocycles. The highest BCUT2D eigenvalue weighted by Crippen LogP contribution is 2.17. The molecule has 86 valence electrons. The minimum atomic E-state index is 0.764. The molecule has 2 aromatic rings. The van der Waals surface area contributed by atoms with E-state index in [1.807, 2.05) is 6.20 Å². The van der Waals surface area contributed by atoms with Crippen LogP contribution in [0.1, 0.15) is 26.7 Å². The summed E-state index contributed by atoms with van der Waals surface area (Å²) < 4.78 is 0. The van der Waals surface area contributed by atoms with Crippen LogP contribution in [-0.2, 0) is 0 Å². The van der Waals surface area contributed by atoms with E-state index in [2.05, 4.69) is 47.6 Å². The summed E-state index contributed by atoms with van der Waals surface area (Å²) in [4.78, 5) is 0. The van der Waals surface area contributed by atoms with Crippen molar-refractivity contribution in [3.8, 4) is 0 Å². The van der Waals surface area contributed by atoms with Crippen LogP contribution in [-0.4, -0.2) is 16.7 Å². The zero-order valence-corrected chi connectivity index (χ0v) is 9.96. The third-order valence-electron chi connectivity index (χ3n) is 3.19. The van der Waals surface area contributed by atoms with Gasteiger partial charge in [-0.2, -0.15) is 5.10 Å². The first-order chi connectivity index (χ1) is 7.83. The lowest BCUT2D eigenvalue weighted by Crippen LogP contribution is -2.12. The molecule has 0 spiro atoms. The molecule has 0 saturated carbocycles. The fraction of sp³-hybridized carbons (Fsp3) is 0.462. The van der Waals surface area contributed by atoms with Gasteiger partial charge in [0.15, 0.2) is 0 Å². The third-order valence-corrected chi connectivity index (χ3v) is 3.19. The number of benzene rings is 1. The highest BCUT2D eigenvalue weighted by Gasteiger charge is 2.03. The molecule has 0 unspecified atom stereocenters. The maximum absolute atomic E-state index is 4.02. The number of hydrogen-bond donors (Lipinski definition) is 2. The van der Waals surface area contributed by atoms with Gasteiger partial charge >= 0.3 is 0 Å². The molecule has 0 fully saturated rings. The van der Waals surface area contributed by atoms with Crippen molar-refractivity contribution in [1.29, 1.82) is 0 Å². The summed E-state index contributed by atoms with van der Waals surface area (Å²) in [5, 5.41) is 11.6. The molecule has 1 heterocycles. The zero-order chi connectivity index (χ0) is 11.4. The van der Waals surface area contributed by atoms with Crippen molar-refractivity contribution < 1.29 is 0 Å². The van der Waals surface area contributed by atoms with E-state index >= 15 is 0 Å². The Labute approximate surface area is 96.2 Å². The van der Waals surface area contributed by atoms with Gasteiger partial charge in [-0.1, -0.05) is 26.7 Å². The molecule has 0 bridgehead atoms. The molecule has 0 atom stereocenters. The fourth-order valence-corrected chi connectivity index (χ4v) is 1.89. The molecule has 3 nitrogen and oxygen atoms in total. The summed E-state index contributed by atoms with van der Waals surface area (Å²) in [5.41, 5.74) is 2.27. The van der Waals surface area contributed by atoms with E-state index in [1.54, 1.807) is 0 Å². The van der Waals surface area contributed by atoms with E-state index in [0.717, 1.165) is 23.4 Å². The number of aromatic amines is 1. The van der Waals surface area contributed by atoms with Crippen LogP contribution in [0.5, 0.6) is 0 Å². The summed E-state index contributed by atoms with van der Waals surface area (Å²) in [6.07, 6.45) is 4.33. The number of anilines is 1. The van der Waals surface area contributed by atoms with E-state index < -0.39 is 0 Å². The summed E-state index contributed by atoms with van der Waals surface area (Å²) in [7, 11) is 0. The van der Waals surface area contributed by atoms with E-state index in [-0.39, 0.29) is 0 Å². The van der Waals surface area contributed by atoms with Crippen molar-refractivity contribution in [2.45, 2.75) is 26.7 Å². The minimum Gasteiger partial charge on any atom is -0.385 e. The van der Waals surface area contributed by atoms with Gasteiger partial charge in [0.1, 0.15) is 0 Å². The van der Waals surface area contributed by atoms with Crippen molar-refractivity contribution in [3.05, 3.63) is 24.4 Å². The number of aromatic nitrogens is 2. The Morgan fingerprint density at radius 3 is 2.88 bits per heavy atom. The average molecular weight is 217 g/mol. The topological polar surface area (TPSA) is 40.7 Å². The quantitative estimate of drug-likeness (QED) is 0.805. The number of fused-ring (bicyclic) bond motifs is 1. The van der Waals surface area contributed by atoms with Gasteiger partial charge in [0.05, 0.1) is 11.7 Å². The molecule has 1 aromatic carbocycles. The largest absolute Gasteiger partial charge is 0.385 e. The summed E-state index contributed by atoms with van der Waals surface area (Å²) in [6.45, 7) is 5.54. The summed E-state index contributed by atoms with van der Waals surface area (Å²) in [6, 6.07) is 6.31. The molecular weight excluding hydrogens is 198 g/mol. The molecule has 0 aliphatic heterocycles. The third kappa shape index (κ3) is 2.35. The van der Waals surface area contributed by atoms with Crippen molar-refractivity contribution in [3.63, 3.8) is 0 Å². The molecule has 2 N–H and O–H groups in total. The van der Waals surface area contributed by atoms with Crippen LogP contribution in [0.15, 0.2) is 24.4 Å². The van der Waals surface area contributed by atoms with Crippen LogP contribution < -0.4 is 5.32 Å². The molecular formula is C13H19N3. The average Bonchev–Trinajstić information content (AvgIpc) is 2.77. The second-order valence-corrected chi connectivity index (χ2v) is 4.24. The predicted octanol–water partition coefficient (Wildman–Crippen LogP) is 3.41. The Morgan fingerprint density at radius 2 is 2.12 bits per heavy atom. The van der Waals surface area contributed by atoms with Gasteiger partial charge in [0, 0.05) is 17.6 Å². The first-order valence-electron chi connectivity index (χ1n) is 6.00. The Bertz CT molecular complexity index is 443. The molecule has 0 radical (unpaired) electrons. The van der Waals surface area contributed by atoms with E-state index in [4.69, 9.17) is 0 Å². The monoisotopic (exact) mass is 217 g/mol. The van der Waals surface area contributed by atoms with Crippen LogP contribution in [0.25, 0.3) is 10.9 Å². The first-order valence-corrected chi connectivity index (χ1v) is 6.00. The minimum absolute atomic E-state index is 0.764. The van der Waals surface area contributed by atoms with Gasteiger partial charge < -0.3 is 5.32 Å². The number of hydrogen-bond acceptors (Lipinski definition) is 2. The first kappa shape index (κ1) is 11.0. The zero-order valence-electron chi connectivity index (χ0n) is 9.96. The second-order valence-electron chi connectivity index (χ2n) is 4.24. The Hall–Kier alpha value is -1.51. The molecule has 2 rings (SSSR count). The molecule has 1 aromatic heterocycles. The van der Waals surface area contributed by atoms with Crippen molar-refractivity contribution in [2.75, 3.05) is 11.9 Å². The van der Waals surface area contributed by atoms with Gasteiger partial charge in [-0.15, -0.1) is 0 Å². The Balaban J connectivity index is 2.03. The number of nitrogens with one attached hydrogen (secondary N) is 2. The highest BCUT2D eigenvalue weighted by molar-refractivity contribution is 5.81. The van der Waals surface area contributed by atoms with Gasteiger partial charge in [0.2, 0.25) is 0 Å². The fourth-order valence-electron chi connectivity index (χ4n) is 1.89. The Kier molecular flexibility index (Phi) is 3.44. The number of rotatable bonds is 5. The van der Waals surface area contributed by atoms with E-state index in [1.165, 1.54) is 18.5 Å². The maximum atomic E-state index is 4.02. The molecule has 3 heteroatoms. The van der Waals surface area contributed by atoms with Gasteiger partial charge in [0.25, 0.3) is 0 Å². The number of nitrogens with zero attached hydrogens (tertiary/aromatic N) is 1. The lowest BCUT2D eigenvalue weighted by molar-refractivity contribution is 0.519. The Morgan fingerprint density at radius 1 is 1.31 bits per heavy atom. The SMILES string of the molecule is CCC(CC)CNc1ccc2[nH]ncc2c1. The molecule has 0 aliphatic carbocycles. The molecule has 0 amide bonds. The molecule has 16 heavy (non-hydrogen) atoms. The van der Waals surface area contributed by atoms with Crippen molar-refractivity contribution in [1.82, 2.24) is 10.2 Å². The van der Waals surface area contributed by atoms with Crippen LogP contribution in [0.3, 0.4) is 0 Å². The van der Waals surface area contributed by atoms with Gasteiger partial charge in [-0.3, -0.25) is 5.10 Å². The summed E-state index contributed by atoms with van der Waals surface area (Å²) in [5.74, 6) is 0.764. The van der Waals surface area contributed by atoms with Crippen LogP contribution in [0.4, 0.5) is 5.69 Å². The normalized spacial score (nSPS) is 11.2. The standard InChI is InChI=1S/C13H19N3/c1-3-10(4-2)8-14-12-5-6-13-11(7-12)9-15-16-13/h5-7,9-10,14H,3-4,8H2,1-2H3,(H,15,16). The van der Waals surface area contributed by atoms with E-state index in [0.29, 0.717) is 0 Å². The van der Waals surface area contributed by atoms with Crippen molar-refractivity contribution in [2.24, 2.45) is 5.92 Å². The second kappa shape index (κ2) is 5.01. The van der Waals surface area contributed by atoms with Crippen LogP contribution in [0, 0.1) is 5.92 Å². The smallest absolute Gasteiger partial charge is 0.0651 e. The predicted molar refractivity (Wildman–Crippen MR) is 68.7 cm³/mol. The van der Waals surface area contributed by atoms with Gasteiger partial charge in [-0.25, -0.2) is 0 Å². The van der Waals surface area contributed by atoms with E-state index in [9.17, 15) is 0 Å². The lowest BCUT2D eigenvalue weighted by atomic mass is 10.0. The van der Waals surface area contributed by atoms with Gasteiger partial charge in [-0.05, 0) is 24.1 Å². The summed E-state index contributed by atoms with van der Waals surface area (Å²) >= 11 is 0. The highest BCUT2D eigenvalue weighted by atomic mass is 15.1. The maximum Gasteiger partial charge on any atom is 0.0651 e. The molecule has 0 aliphatic rings.